The molecule has 2 amide bonds. The largest absolute Gasteiger partial charge is 0.395 e. The number of nitrogens with zero attached hydrogens (tertiary/aromatic N) is 1. The summed E-state index contributed by atoms with van der Waals surface area (Å²) in [6.07, 6.45) is 0. The summed E-state index contributed by atoms with van der Waals surface area (Å²) in [6.45, 7) is -0.0689. The van der Waals surface area contributed by atoms with E-state index in [1.807, 2.05) is 0 Å². The predicted molar refractivity (Wildman–Crippen MR) is 46.8 cm³/mol. The highest BCUT2D eigenvalue weighted by molar-refractivity contribution is 5.84. The number of carbonyl (C=O) groups excluding carboxylic acids is 2. The second-order valence-electron chi connectivity index (χ2n) is 2.54. The normalized spacial score (nSPS) is 9.69. The molecule has 76 valence electrons. The number of hydrogen-bond donors (Lipinski definition) is 3. The maximum absolute atomic E-state index is 11.2. The van der Waals surface area contributed by atoms with E-state index in [0.29, 0.717) is 0 Å². The van der Waals surface area contributed by atoms with Gasteiger partial charge < -0.3 is 21.1 Å². The Morgan fingerprint density at radius 1 is 1.54 bits per heavy atom. The minimum atomic E-state index is -0.585. The second kappa shape index (κ2) is 6.38. The van der Waals surface area contributed by atoms with Crippen LogP contribution in [0.5, 0.6) is 0 Å². The SMILES string of the molecule is CNCC(=O)N(CCO)CC(N)=O. The van der Waals surface area contributed by atoms with E-state index in [-0.39, 0.29) is 32.1 Å². The quantitative estimate of drug-likeness (QED) is 0.431. The molecular weight excluding hydrogens is 174 g/mol. The summed E-state index contributed by atoms with van der Waals surface area (Å²) in [5, 5.41) is 11.3. The summed E-state index contributed by atoms with van der Waals surface area (Å²) in [7, 11) is 1.62. The first-order valence-corrected chi connectivity index (χ1v) is 3.93. The lowest BCUT2D eigenvalue weighted by molar-refractivity contribution is -0.134. The number of likely N-dealkylation sites (N-methyl/N-ethyl adjacent to an activating group) is 1. The van der Waals surface area contributed by atoms with E-state index in [9.17, 15) is 9.59 Å². The maximum Gasteiger partial charge on any atom is 0.237 e. The summed E-state index contributed by atoms with van der Waals surface area (Å²) >= 11 is 0. The number of primary amides is 1. The van der Waals surface area contributed by atoms with Gasteiger partial charge in [0.2, 0.25) is 11.8 Å². The van der Waals surface area contributed by atoms with Crippen molar-refractivity contribution in [2.24, 2.45) is 5.73 Å². The average Bonchev–Trinajstić information content (AvgIpc) is 2.03. The monoisotopic (exact) mass is 189 g/mol. The third kappa shape index (κ3) is 5.15. The predicted octanol–water partition coefficient (Wildman–Crippen LogP) is -2.49. The fourth-order valence-corrected chi connectivity index (χ4v) is 0.864. The zero-order valence-electron chi connectivity index (χ0n) is 7.62. The van der Waals surface area contributed by atoms with Crippen LogP contribution in [0.3, 0.4) is 0 Å². The Kier molecular flexibility index (Phi) is 5.82. The van der Waals surface area contributed by atoms with Crippen LogP contribution in [0.1, 0.15) is 0 Å². The van der Waals surface area contributed by atoms with Crippen LogP contribution in [0.4, 0.5) is 0 Å². The molecule has 13 heavy (non-hydrogen) atoms. The van der Waals surface area contributed by atoms with Crippen molar-refractivity contribution in [2.75, 3.05) is 33.3 Å². The van der Waals surface area contributed by atoms with Crippen molar-refractivity contribution < 1.29 is 14.7 Å². The average molecular weight is 189 g/mol. The highest BCUT2D eigenvalue weighted by Gasteiger charge is 2.13. The molecule has 0 radical (unpaired) electrons. The van der Waals surface area contributed by atoms with Gasteiger partial charge in [-0.1, -0.05) is 0 Å². The molecule has 0 fully saturated rings. The van der Waals surface area contributed by atoms with Crippen molar-refractivity contribution in [1.82, 2.24) is 10.2 Å². The number of aliphatic hydroxyl groups excluding tert-OH is 1. The second-order valence-corrected chi connectivity index (χ2v) is 2.54. The third-order valence-corrected chi connectivity index (χ3v) is 1.40. The summed E-state index contributed by atoms with van der Waals surface area (Å²) < 4.78 is 0. The number of carbonyl (C=O) groups is 2. The smallest absolute Gasteiger partial charge is 0.237 e. The van der Waals surface area contributed by atoms with Crippen LogP contribution < -0.4 is 11.1 Å². The topological polar surface area (TPSA) is 95.7 Å². The Hall–Kier alpha value is -1.14. The minimum absolute atomic E-state index is 0.128. The molecule has 0 saturated carbocycles. The number of amides is 2. The molecule has 6 nitrogen and oxygen atoms in total. The van der Waals surface area contributed by atoms with E-state index in [0.717, 1.165) is 0 Å². The molecule has 0 aromatic rings. The van der Waals surface area contributed by atoms with Crippen LogP contribution in [0.2, 0.25) is 0 Å². The Morgan fingerprint density at radius 3 is 2.54 bits per heavy atom. The number of hydrogen-bond acceptors (Lipinski definition) is 4. The molecule has 0 aliphatic carbocycles. The van der Waals surface area contributed by atoms with Crippen molar-refractivity contribution in [3.05, 3.63) is 0 Å². The highest BCUT2D eigenvalue weighted by atomic mass is 16.3. The van der Waals surface area contributed by atoms with Gasteiger partial charge in [0.05, 0.1) is 19.7 Å². The van der Waals surface area contributed by atoms with Crippen molar-refractivity contribution in [2.45, 2.75) is 0 Å². The van der Waals surface area contributed by atoms with Gasteiger partial charge in [-0.2, -0.15) is 0 Å². The van der Waals surface area contributed by atoms with E-state index in [1.165, 1.54) is 4.90 Å². The third-order valence-electron chi connectivity index (χ3n) is 1.40. The number of nitrogens with one attached hydrogen (secondary N) is 1. The van der Waals surface area contributed by atoms with Gasteiger partial charge in [-0.25, -0.2) is 0 Å². The van der Waals surface area contributed by atoms with Crippen molar-refractivity contribution >= 4 is 11.8 Å². The number of aliphatic hydroxyl groups is 1. The zero-order valence-corrected chi connectivity index (χ0v) is 7.62. The van der Waals surface area contributed by atoms with Gasteiger partial charge >= 0.3 is 0 Å². The highest BCUT2D eigenvalue weighted by Crippen LogP contribution is 1.87. The Morgan fingerprint density at radius 2 is 2.15 bits per heavy atom. The first kappa shape index (κ1) is 11.9. The molecule has 0 rings (SSSR count). The summed E-state index contributed by atoms with van der Waals surface area (Å²) in [6, 6.07) is 0. The van der Waals surface area contributed by atoms with Crippen LogP contribution in [-0.2, 0) is 9.59 Å². The van der Waals surface area contributed by atoms with Crippen LogP contribution >= 0.6 is 0 Å². The lowest BCUT2D eigenvalue weighted by Gasteiger charge is -2.19. The van der Waals surface area contributed by atoms with Crippen LogP contribution in [-0.4, -0.2) is 55.1 Å². The number of rotatable bonds is 6. The van der Waals surface area contributed by atoms with Gasteiger partial charge in [0.25, 0.3) is 0 Å². The Labute approximate surface area is 76.7 Å². The molecule has 0 aromatic heterocycles. The molecular formula is C7H15N3O3. The molecule has 4 N–H and O–H groups in total. The standard InChI is InChI=1S/C7H15N3O3/c1-9-4-7(13)10(2-3-11)5-6(8)12/h9,11H,2-5H2,1H3,(H2,8,12). The molecule has 0 aliphatic rings. The lowest BCUT2D eigenvalue weighted by atomic mass is 10.4. The molecule has 0 aromatic carbocycles. The van der Waals surface area contributed by atoms with Gasteiger partial charge in [-0.3, -0.25) is 9.59 Å². The Balaban J connectivity index is 4.06. The van der Waals surface area contributed by atoms with E-state index in [1.54, 1.807) is 7.05 Å². The maximum atomic E-state index is 11.2. The van der Waals surface area contributed by atoms with Crippen molar-refractivity contribution in [3.63, 3.8) is 0 Å². The van der Waals surface area contributed by atoms with E-state index in [2.05, 4.69) is 5.32 Å². The fraction of sp³-hybridized carbons (Fsp3) is 0.714. The molecule has 6 heteroatoms. The lowest BCUT2D eigenvalue weighted by Crippen LogP contribution is -2.43. The van der Waals surface area contributed by atoms with E-state index < -0.39 is 5.91 Å². The molecule has 0 spiro atoms. The molecule has 0 bridgehead atoms. The van der Waals surface area contributed by atoms with Crippen LogP contribution in [0, 0.1) is 0 Å². The summed E-state index contributed by atoms with van der Waals surface area (Å²) in [5.41, 5.74) is 4.92. The molecule has 0 atom stereocenters. The van der Waals surface area contributed by atoms with Gasteiger partial charge in [-0.05, 0) is 7.05 Å². The summed E-state index contributed by atoms with van der Waals surface area (Å²) in [5.74, 6) is -0.840. The first-order chi connectivity index (χ1) is 6.11. The van der Waals surface area contributed by atoms with Gasteiger partial charge in [-0.15, -0.1) is 0 Å². The van der Waals surface area contributed by atoms with Crippen LogP contribution in [0.15, 0.2) is 0 Å². The van der Waals surface area contributed by atoms with Gasteiger partial charge in [0.15, 0.2) is 0 Å². The minimum Gasteiger partial charge on any atom is -0.395 e. The van der Waals surface area contributed by atoms with E-state index >= 15 is 0 Å². The van der Waals surface area contributed by atoms with Crippen molar-refractivity contribution in [1.29, 1.82) is 0 Å². The zero-order chi connectivity index (χ0) is 10.3. The first-order valence-electron chi connectivity index (χ1n) is 3.93. The molecule has 0 saturated heterocycles. The molecule has 0 unspecified atom stereocenters. The molecule has 0 heterocycles. The number of nitrogens with two attached hydrogens (primary N) is 1. The van der Waals surface area contributed by atoms with Crippen LogP contribution in [0.25, 0.3) is 0 Å². The van der Waals surface area contributed by atoms with E-state index in [4.69, 9.17) is 10.8 Å². The van der Waals surface area contributed by atoms with Gasteiger partial charge in [0, 0.05) is 6.54 Å². The summed E-state index contributed by atoms with van der Waals surface area (Å²) in [4.78, 5) is 22.9. The Bertz CT molecular complexity index is 184. The van der Waals surface area contributed by atoms with Crippen molar-refractivity contribution in [3.8, 4) is 0 Å². The fourth-order valence-electron chi connectivity index (χ4n) is 0.864. The molecule has 0 aliphatic heterocycles. The van der Waals surface area contributed by atoms with Gasteiger partial charge in [0.1, 0.15) is 0 Å².